The van der Waals surface area contributed by atoms with Crippen molar-refractivity contribution < 1.29 is 9.53 Å². The summed E-state index contributed by atoms with van der Waals surface area (Å²) in [5.74, 6) is 0.741. The predicted molar refractivity (Wildman–Crippen MR) is 92.7 cm³/mol. The Balaban J connectivity index is 1.93. The van der Waals surface area contributed by atoms with Gasteiger partial charge in [0.1, 0.15) is 5.75 Å². The summed E-state index contributed by atoms with van der Waals surface area (Å²) >= 11 is 3.47. The van der Waals surface area contributed by atoms with Crippen molar-refractivity contribution in [2.45, 2.75) is 24.8 Å². The van der Waals surface area contributed by atoms with Gasteiger partial charge < -0.3 is 9.64 Å². The van der Waals surface area contributed by atoms with Gasteiger partial charge in [0.15, 0.2) is 0 Å². The Labute approximate surface area is 144 Å². The van der Waals surface area contributed by atoms with E-state index in [0.29, 0.717) is 0 Å². The van der Waals surface area contributed by atoms with E-state index in [1.165, 1.54) is 5.56 Å². The van der Waals surface area contributed by atoms with Gasteiger partial charge in [-0.25, -0.2) is 0 Å². The number of carbonyl (C=O) groups is 1. The first-order valence-corrected chi connectivity index (χ1v) is 8.72. The highest BCUT2D eigenvalue weighted by molar-refractivity contribution is 9.10. The molecule has 2 aliphatic heterocycles. The maximum absolute atomic E-state index is 13.2. The molecule has 3 nitrogen and oxygen atoms in total. The first-order chi connectivity index (χ1) is 11.2. The minimum Gasteiger partial charge on any atom is -0.496 e. The van der Waals surface area contributed by atoms with Crippen LogP contribution in [0.3, 0.4) is 0 Å². The number of hydrogen-bond acceptors (Lipinski definition) is 2. The summed E-state index contributed by atoms with van der Waals surface area (Å²) in [5, 5.41) is 0. The van der Waals surface area contributed by atoms with Crippen LogP contribution >= 0.6 is 15.9 Å². The number of rotatable bonds is 2. The molecule has 0 saturated carbocycles. The van der Waals surface area contributed by atoms with Crippen molar-refractivity contribution in [1.29, 1.82) is 0 Å². The molecule has 2 aromatic rings. The molecule has 1 saturated heterocycles. The Hall–Kier alpha value is -1.81. The Morgan fingerprint density at radius 3 is 2.70 bits per heavy atom. The molecule has 23 heavy (non-hydrogen) atoms. The first kappa shape index (κ1) is 14.8. The SMILES string of the molecule is COc1cccc2c1[C@@H](c1ccc(Br)cc1)C(=O)N1CCC[C@H]21. The lowest BCUT2D eigenvalue weighted by Crippen LogP contribution is -2.40. The average molecular weight is 372 g/mol. The minimum atomic E-state index is -0.274. The highest BCUT2D eigenvalue weighted by atomic mass is 79.9. The van der Waals surface area contributed by atoms with Crippen molar-refractivity contribution >= 4 is 21.8 Å². The van der Waals surface area contributed by atoms with Crippen LogP contribution in [0.2, 0.25) is 0 Å². The molecule has 1 fully saturated rings. The molecule has 2 atom stereocenters. The van der Waals surface area contributed by atoms with E-state index < -0.39 is 0 Å². The summed E-state index contributed by atoms with van der Waals surface area (Å²) in [6.45, 7) is 0.854. The topological polar surface area (TPSA) is 29.5 Å². The van der Waals surface area contributed by atoms with Gasteiger partial charge in [0, 0.05) is 16.6 Å². The van der Waals surface area contributed by atoms with Crippen LogP contribution in [-0.4, -0.2) is 24.5 Å². The third-order valence-corrected chi connectivity index (χ3v) is 5.48. The molecule has 1 amide bonds. The second-order valence-electron chi connectivity index (χ2n) is 6.14. The van der Waals surface area contributed by atoms with Crippen molar-refractivity contribution in [2.24, 2.45) is 0 Å². The summed E-state index contributed by atoms with van der Waals surface area (Å²) < 4.78 is 6.62. The first-order valence-electron chi connectivity index (χ1n) is 7.93. The zero-order valence-electron chi connectivity index (χ0n) is 13.0. The molecule has 0 N–H and O–H groups in total. The fraction of sp³-hybridized carbons (Fsp3) is 0.316. The van der Waals surface area contributed by atoms with E-state index >= 15 is 0 Å². The molecule has 0 aromatic heterocycles. The number of hydrogen-bond donors (Lipinski definition) is 0. The molecule has 0 bridgehead atoms. The Bertz CT molecular complexity index is 756. The molecular weight excluding hydrogens is 354 g/mol. The minimum absolute atomic E-state index is 0.201. The van der Waals surface area contributed by atoms with Crippen LogP contribution in [0.1, 0.15) is 41.5 Å². The van der Waals surface area contributed by atoms with Crippen LogP contribution in [0.15, 0.2) is 46.9 Å². The molecule has 2 aliphatic rings. The van der Waals surface area contributed by atoms with Gasteiger partial charge >= 0.3 is 0 Å². The fourth-order valence-corrected chi connectivity index (χ4v) is 4.21. The summed E-state index contributed by atoms with van der Waals surface area (Å²) in [6, 6.07) is 14.4. The lowest BCUT2D eigenvalue weighted by Gasteiger charge is -2.37. The van der Waals surface area contributed by atoms with E-state index in [2.05, 4.69) is 26.9 Å². The van der Waals surface area contributed by atoms with Gasteiger partial charge in [0.05, 0.1) is 19.1 Å². The fourth-order valence-electron chi connectivity index (χ4n) is 3.95. The summed E-state index contributed by atoms with van der Waals surface area (Å²) in [5.41, 5.74) is 3.31. The lowest BCUT2D eigenvalue weighted by molar-refractivity contribution is -0.133. The quantitative estimate of drug-likeness (QED) is 0.788. The van der Waals surface area contributed by atoms with E-state index in [-0.39, 0.29) is 17.9 Å². The van der Waals surface area contributed by atoms with Gasteiger partial charge in [-0.1, -0.05) is 40.2 Å². The number of fused-ring (bicyclic) bond motifs is 3. The maximum atomic E-state index is 13.2. The molecule has 4 rings (SSSR count). The lowest BCUT2D eigenvalue weighted by atomic mass is 9.80. The van der Waals surface area contributed by atoms with Gasteiger partial charge in [0.2, 0.25) is 5.91 Å². The molecule has 0 radical (unpaired) electrons. The zero-order valence-corrected chi connectivity index (χ0v) is 14.5. The highest BCUT2D eigenvalue weighted by Crippen LogP contribution is 2.48. The van der Waals surface area contributed by atoms with Crippen LogP contribution in [0, 0.1) is 0 Å². The number of nitrogens with zero attached hydrogens (tertiary/aromatic N) is 1. The Kier molecular flexibility index (Phi) is 3.64. The van der Waals surface area contributed by atoms with Crippen molar-refractivity contribution in [3.63, 3.8) is 0 Å². The summed E-state index contributed by atoms with van der Waals surface area (Å²) in [7, 11) is 1.68. The Morgan fingerprint density at radius 2 is 1.96 bits per heavy atom. The normalized spacial score (nSPS) is 22.7. The number of amides is 1. The van der Waals surface area contributed by atoms with Crippen molar-refractivity contribution in [3.8, 4) is 5.75 Å². The van der Waals surface area contributed by atoms with Crippen LogP contribution in [0.25, 0.3) is 0 Å². The Morgan fingerprint density at radius 1 is 1.17 bits per heavy atom. The van der Waals surface area contributed by atoms with E-state index in [9.17, 15) is 4.79 Å². The smallest absolute Gasteiger partial charge is 0.235 e. The molecule has 0 aliphatic carbocycles. The van der Waals surface area contributed by atoms with Gasteiger partial charge in [-0.2, -0.15) is 0 Å². The number of ether oxygens (including phenoxy) is 1. The molecule has 118 valence electrons. The summed E-state index contributed by atoms with van der Waals surface area (Å²) in [4.78, 5) is 15.2. The van der Waals surface area contributed by atoms with E-state index in [0.717, 1.165) is 40.7 Å². The second kappa shape index (κ2) is 5.68. The van der Waals surface area contributed by atoms with Crippen LogP contribution < -0.4 is 4.74 Å². The van der Waals surface area contributed by atoms with Crippen molar-refractivity contribution in [1.82, 2.24) is 4.90 Å². The standard InChI is InChI=1S/C19H18BrNO2/c1-23-16-6-2-4-14-15-5-3-11-21(15)19(22)17(18(14)16)12-7-9-13(20)10-8-12/h2,4,6-10,15,17H,3,5,11H2,1H3/t15-,17-/m1/s1. The summed E-state index contributed by atoms with van der Waals surface area (Å²) in [6.07, 6.45) is 2.11. The van der Waals surface area contributed by atoms with Crippen LogP contribution in [-0.2, 0) is 4.79 Å². The van der Waals surface area contributed by atoms with E-state index in [4.69, 9.17) is 4.74 Å². The number of carbonyl (C=O) groups excluding carboxylic acids is 1. The molecule has 0 unspecified atom stereocenters. The van der Waals surface area contributed by atoms with Crippen molar-refractivity contribution in [2.75, 3.05) is 13.7 Å². The number of halogens is 1. The maximum Gasteiger partial charge on any atom is 0.235 e. The number of methoxy groups -OCH3 is 1. The highest BCUT2D eigenvalue weighted by Gasteiger charge is 2.43. The molecule has 0 spiro atoms. The third-order valence-electron chi connectivity index (χ3n) is 4.95. The average Bonchev–Trinajstić information content (AvgIpc) is 3.06. The largest absolute Gasteiger partial charge is 0.496 e. The molecular formula is C19H18BrNO2. The van der Waals surface area contributed by atoms with E-state index in [1.807, 2.05) is 36.4 Å². The molecule has 4 heteroatoms. The second-order valence-corrected chi connectivity index (χ2v) is 7.05. The monoisotopic (exact) mass is 371 g/mol. The number of benzene rings is 2. The molecule has 2 heterocycles. The van der Waals surface area contributed by atoms with Crippen molar-refractivity contribution in [3.05, 3.63) is 63.6 Å². The van der Waals surface area contributed by atoms with Crippen LogP contribution in [0.5, 0.6) is 5.75 Å². The van der Waals surface area contributed by atoms with Gasteiger partial charge in [0.25, 0.3) is 0 Å². The van der Waals surface area contributed by atoms with Crippen LogP contribution in [0.4, 0.5) is 0 Å². The molecule has 2 aromatic carbocycles. The van der Waals surface area contributed by atoms with Gasteiger partial charge in [-0.3, -0.25) is 4.79 Å². The third kappa shape index (κ3) is 2.27. The van der Waals surface area contributed by atoms with Gasteiger partial charge in [-0.05, 0) is 42.2 Å². The predicted octanol–water partition coefficient (Wildman–Crippen LogP) is 4.27. The van der Waals surface area contributed by atoms with E-state index in [1.54, 1.807) is 7.11 Å². The zero-order chi connectivity index (χ0) is 16.0. The van der Waals surface area contributed by atoms with Gasteiger partial charge in [-0.15, -0.1) is 0 Å².